The molecule has 1 aliphatic heterocycles. The Balaban J connectivity index is 1.55. The zero-order chi connectivity index (χ0) is 20.8. The molecule has 1 saturated carbocycles. The summed E-state index contributed by atoms with van der Waals surface area (Å²) in [6, 6.07) is 7.95. The number of amides is 1. The highest BCUT2D eigenvalue weighted by molar-refractivity contribution is 9.10. The van der Waals surface area contributed by atoms with E-state index in [1.807, 2.05) is 38.2 Å². The van der Waals surface area contributed by atoms with Gasteiger partial charge >= 0.3 is 0 Å². The number of pyridine rings is 1. The number of hydrogen-bond acceptors (Lipinski definition) is 5. The number of anilines is 2. The zero-order valence-electron chi connectivity index (χ0n) is 17.1. The molecule has 1 aromatic carbocycles. The molecular weight excluding hydrogens is 446 g/mol. The molecule has 3 aromatic rings. The summed E-state index contributed by atoms with van der Waals surface area (Å²) in [4.78, 5) is 20.5. The number of nitrogens with one attached hydrogen (secondary N) is 1. The largest absolute Gasteiger partial charge is 0.378 e. The Kier molecular flexibility index (Phi) is 4.99. The lowest BCUT2D eigenvalue weighted by Crippen LogP contribution is -2.36. The molecule has 3 heterocycles. The minimum Gasteiger partial charge on any atom is -0.378 e. The Bertz CT molecular complexity index is 1130. The number of ether oxygens (including phenoxy) is 1. The number of hydrogen-bond donors (Lipinski definition) is 1. The quantitative estimate of drug-likeness (QED) is 0.624. The maximum atomic E-state index is 13.5. The molecule has 2 aromatic heterocycles. The number of nitrogens with zero attached hydrogens (tertiary/aromatic N) is 4. The molecule has 30 heavy (non-hydrogen) atoms. The molecule has 0 atom stereocenters. The van der Waals surface area contributed by atoms with E-state index in [0.29, 0.717) is 24.7 Å². The van der Waals surface area contributed by atoms with Gasteiger partial charge < -0.3 is 15.0 Å². The number of fused-ring (bicyclic) bond motifs is 1. The van der Waals surface area contributed by atoms with Crippen LogP contribution in [0, 0.1) is 6.92 Å². The molecule has 1 aliphatic carbocycles. The minimum absolute atomic E-state index is 0.131. The van der Waals surface area contributed by atoms with Gasteiger partial charge in [-0.25, -0.2) is 4.98 Å². The lowest BCUT2D eigenvalue weighted by molar-refractivity contribution is 0.102. The Labute approximate surface area is 183 Å². The average molecular weight is 470 g/mol. The maximum absolute atomic E-state index is 13.5. The van der Waals surface area contributed by atoms with Gasteiger partial charge in [0.25, 0.3) is 5.91 Å². The van der Waals surface area contributed by atoms with Crippen LogP contribution in [0.15, 0.2) is 28.7 Å². The second kappa shape index (κ2) is 7.67. The highest BCUT2D eigenvalue weighted by Crippen LogP contribution is 2.40. The van der Waals surface area contributed by atoms with E-state index < -0.39 is 0 Å². The van der Waals surface area contributed by atoms with Crippen LogP contribution in [0.1, 0.15) is 40.5 Å². The predicted octanol–water partition coefficient (Wildman–Crippen LogP) is 4.01. The van der Waals surface area contributed by atoms with E-state index in [2.05, 4.69) is 31.2 Å². The highest BCUT2D eigenvalue weighted by Gasteiger charge is 2.29. The summed E-state index contributed by atoms with van der Waals surface area (Å²) in [5.41, 5.74) is 5.00. The van der Waals surface area contributed by atoms with Crippen LogP contribution in [0.4, 0.5) is 11.4 Å². The molecule has 0 bridgehead atoms. The molecule has 0 radical (unpaired) electrons. The monoisotopic (exact) mass is 469 g/mol. The first kappa shape index (κ1) is 19.5. The third-order valence-corrected chi connectivity index (χ3v) is 6.28. The van der Waals surface area contributed by atoms with Gasteiger partial charge in [0.2, 0.25) is 0 Å². The number of rotatable bonds is 4. The van der Waals surface area contributed by atoms with Gasteiger partial charge in [0.1, 0.15) is 0 Å². The summed E-state index contributed by atoms with van der Waals surface area (Å²) in [5, 5.41) is 8.50. The van der Waals surface area contributed by atoms with E-state index in [1.165, 1.54) is 0 Å². The summed E-state index contributed by atoms with van der Waals surface area (Å²) in [5.74, 6) is 0.318. The van der Waals surface area contributed by atoms with Crippen molar-refractivity contribution in [1.29, 1.82) is 0 Å². The van der Waals surface area contributed by atoms with Crippen LogP contribution >= 0.6 is 15.9 Å². The molecule has 156 valence electrons. The zero-order valence-corrected chi connectivity index (χ0v) is 18.7. The smallest absolute Gasteiger partial charge is 0.256 e. The van der Waals surface area contributed by atoms with Crippen molar-refractivity contribution in [3.05, 3.63) is 45.7 Å². The van der Waals surface area contributed by atoms with Gasteiger partial charge in [-0.1, -0.05) is 15.9 Å². The standard InChI is InChI=1S/C22H24BrN5O2/c1-13-20-16(12-17(14-3-4-14)24-21(20)27(2)26-13)22(29)25-18-11-15(23)5-6-19(18)28-7-9-30-10-8-28/h5-6,11-12,14H,3-4,7-10H2,1-2H3,(H,25,29). The van der Waals surface area contributed by atoms with Gasteiger partial charge in [-0.15, -0.1) is 0 Å². The second-order valence-electron chi connectivity index (χ2n) is 7.99. The molecule has 0 unspecified atom stereocenters. The molecule has 2 aliphatic rings. The van der Waals surface area contributed by atoms with Gasteiger partial charge in [-0.05, 0) is 44.0 Å². The SMILES string of the molecule is Cc1nn(C)c2nc(C3CC3)cc(C(=O)Nc3cc(Br)ccc3N3CCOCC3)c12. The second-order valence-corrected chi connectivity index (χ2v) is 8.91. The number of morpholine rings is 1. The summed E-state index contributed by atoms with van der Waals surface area (Å²) < 4.78 is 8.18. The molecule has 8 heteroatoms. The van der Waals surface area contributed by atoms with Gasteiger partial charge in [-0.3, -0.25) is 9.48 Å². The van der Waals surface area contributed by atoms with E-state index in [1.54, 1.807) is 4.68 Å². The Morgan fingerprint density at radius 3 is 2.73 bits per heavy atom. The van der Waals surface area contributed by atoms with Crippen molar-refractivity contribution in [2.75, 3.05) is 36.5 Å². The first-order chi connectivity index (χ1) is 14.5. The molecular formula is C22H24BrN5O2. The summed E-state index contributed by atoms with van der Waals surface area (Å²) in [6.07, 6.45) is 2.26. The summed E-state index contributed by atoms with van der Waals surface area (Å²) >= 11 is 3.54. The van der Waals surface area contributed by atoms with Crippen molar-refractivity contribution >= 4 is 44.2 Å². The van der Waals surface area contributed by atoms with Crippen LogP contribution in [0.25, 0.3) is 11.0 Å². The molecule has 1 saturated heterocycles. The van der Waals surface area contributed by atoms with Crippen LogP contribution < -0.4 is 10.2 Å². The maximum Gasteiger partial charge on any atom is 0.256 e. The number of benzene rings is 1. The fourth-order valence-electron chi connectivity index (χ4n) is 4.11. The van der Waals surface area contributed by atoms with E-state index >= 15 is 0 Å². The third-order valence-electron chi connectivity index (χ3n) is 5.79. The number of aryl methyl sites for hydroxylation is 2. The fraction of sp³-hybridized carbons (Fsp3) is 0.409. The highest BCUT2D eigenvalue weighted by atomic mass is 79.9. The molecule has 1 amide bonds. The Morgan fingerprint density at radius 2 is 2.00 bits per heavy atom. The van der Waals surface area contributed by atoms with Crippen LogP contribution in [0.2, 0.25) is 0 Å². The molecule has 7 nitrogen and oxygen atoms in total. The molecule has 1 N–H and O–H groups in total. The van der Waals surface area contributed by atoms with E-state index in [4.69, 9.17) is 9.72 Å². The van der Waals surface area contributed by atoms with E-state index in [-0.39, 0.29) is 5.91 Å². The van der Waals surface area contributed by atoms with Gasteiger partial charge in [-0.2, -0.15) is 5.10 Å². The third kappa shape index (κ3) is 3.58. The van der Waals surface area contributed by atoms with Crippen molar-refractivity contribution < 1.29 is 9.53 Å². The van der Waals surface area contributed by atoms with Crippen molar-refractivity contribution in [3.8, 4) is 0 Å². The predicted molar refractivity (Wildman–Crippen MR) is 120 cm³/mol. The minimum atomic E-state index is -0.131. The van der Waals surface area contributed by atoms with Crippen LogP contribution in [0.5, 0.6) is 0 Å². The van der Waals surface area contributed by atoms with Crippen molar-refractivity contribution in [3.63, 3.8) is 0 Å². The number of carbonyl (C=O) groups is 1. The lowest BCUT2D eigenvalue weighted by atomic mass is 10.1. The van der Waals surface area contributed by atoms with Gasteiger partial charge in [0, 0.05) is 36.2 Å². The number of carbonyl (C=O) groups excluding carboxylic acids is 1. The van der Waals surface area contributed by atoms with Crippen molar-refractivity contribution in [2.24, 2.45) is 7.05 Å². The number of aromatic nitrogens is 3. The lowest BCUT2D eigenvalue weighted by Gasteiger charge is -2.30. The molecule has 2 fully saturated rings. The molecule has 0 spiro atoms. The summed E-state index contributed by atoms with van der Waals surface area (Å²) in [7, 11) is 1.88. The van der Waals surface area contributed by atoms with E-state index in [0.717, 1.165) is 64.2 Å². The Hall–Kier alpha value is -2.45. The van der Waals surface area contributed by atoms with Crippen LogP contribution in [0.3, 0.4) is 0 Å². The topological polar surface area (TPSA) is 72.3 Å². The van der Waals surface area contributed by atoms with E-state index in [9.17, 15) is 4.79 Å². The average Bonchev–Trinajstić information content (AvgIpc) is 3.54. The van der Waals surface area contributed by atoms with Gasteiger partial charge in [0.15, 0.2) is 5.65 Å². The van der Waals surface area contributed by atoms with Crippen molar-refractivity contribution in [2.45, 2.75) is 25.7 Å². The van der Waals surface area contributed by atoms with Crippen LogP contribution in [-0.2, 0) is 11.8 Å². The number of halogens is 1. The fourth-order valence-corrected chi connectivity index (χ4v) is 4.47. The summed E-state index contributed by atoms with van der Waals surface area (Å²) in [6.45, 7) is 4.91. The Morgan fingerprint density at radius 1 is 1.23 bits per heavy atom. The normalized spacial score (nSPS) is 16.8. The first-order valence-electron chi connectivity index (χ1n) is 10.3. The van der Waals surface area contributed by atoms with Gasteiger partial charge in [0.05, 0.1) is 41.2 Å². The first-order valence-corrected chi connectivity index (χ1v) is 11.1. The molecule has 5 rings (SSSR count). The van der Waals surface area contributed by atoms with Crippen LogP contribution in [-0.4, -0.2) is 47.0 Å². The van der Waals surface area contributed by atoms with Crippen molar-refractivity contribution in [1.82, 2.24) is 14.8 Å².